The molecule has 0 aromatic heterocycles. The van der Waals surface area contributed by atoms with Gasteiger partial charge in [-0.05, 0) is 24.8 Å². The van der Waals surface area contributed by atoms with Crippen LogP contribution in [0.1, 0.15) is 24.8 Å². The second kappa shape index (κ2) is 8.15. The number of morpholine rings is 1. The molecule has 2 N–H and O–H groups in total. The first kappa shape index (κ1) is 16.8. The van der Waals surface area contributed by atoms with E-state index in [1.807, 2.05) is 18.2 Å². The number of benzene rings is 1. The molecule has 3 amide bonds. The van der Waals surface area contributed by atoms with Gasteiger partial charge >= 0.3 is 6.03 Å². The van der Waals surface area contributed by atoms with E-state index in [1.165, 1.54) is 5.56 Å². The van der Waals surface area contributed by atoms with E-state index in [0.717, 1.165) is 19.3 Å². The van der Waals surface area contributed by atoms with Gasteiger partial charge in [0.15, 0.2) is 0 Å². The largest absolute Gasteiger partial charge is 0.374 e. The van der Waals surface area contributed by atoms with Crippen LogP contribution in [0.4, 0.5) is 4.79 Å². The molecule has 3 rings (SSSR count). The topological polar surface area (TPSA) is 70.7 Å². The number of hydrogen-bond donors (Lipinski definition) is 2. The van der Waals surface area contributed by atoms with Crippen molar-refractivity contribution in [3.05, 3.63) is 35.9 Å². The first-order valence-electron chi connectivity index (χ1n) is 8.71. The van der Waals surface area contributed by atoms with Gasteiger partial charge in [0.25, 0.3) is 0 Å². The van der Waals surface area contributed by atoms with E-state index in [9.17, 15) is 9.59 Å². The molecule has 0 radical (unpaired) electrons. The van der Waals surface area contributed by atoms with Crippen molar-refractivity contribution in [3.63, 3.8) is 0 Å². The summed E-state index contributed by atoms with van der Waals surface area (Å²) in [6.45, 7) is 2.34. The molecule has 0 aliphatic carbocycles. The Labute approximate surface area is 142 Å². The highest BCUT2D eigenvalue weighted by Crippen LogP contribution is 2.13. The zero-order chi connectivity index (χ0) is 16.8. The van der Waals surface area contributed by atoms with E-state index in [1.54, 1.807) is 4.90 Å². The van der Waals surface area contributed by atoms with E-state index < -0.39 is 6.04 Å². The van der Waals surface area contributed by atoms with Crippen LogP contribution in [-0.2, 0) is 16.0 Å². The van der Waals surface area contributed by atoms with Gasteiger partial charge in [0.2, 0.25) is 5.91 Å². The van der Waals surface area contributed by atoms with Crippen molar-refractivity contribution in [3.8, 4) is 0 Å². The lowest BCUT2D eigenvalue weighted by molar-refractivity contribution is -0.122. The maximum atomic E-state index is 12.5. The van der Waals surface area contributed by atoms with Crippen molar-refractivity contribution in [2.24, 2.45) is 0 Å². The predicted octanol–water partition coefficient (Wildman–Crippen LogP) is 1.31. The molecule has 1 aromatic rings. The van der Waals surface area contributed by atoms with Crippen molar-refractivity contribution < 1.29 is 14.3 Å². The molecule has 1 aromatic carbocycles. The molecule has 130 valence electrons. The lowest BCUT2D eigenvalue weighted by Crippen LogP contribution is -2.54. The molecule has 2 fully saturated rings. The standard InChI is InChI=1S/C18H25N3O3/c22-17-16(8-4-5-9-19-17)20-18(23)21-10-11-24-15(13-21)12-14-6-2-1-3-7-14/h1-3,6-7,15-16H,4-5,8-13H2,(H,19,22)(H,20,23)/t15-,16-/m0/s1. The number of hydrogen-bond acceptors (Lipinski definition) is 3. The van der Waals surface area contributed by atoms with Crippen LogP contribution in [0.2, 0.25) is 0 Å². The number of amides is 3. The van der Waals surface area contributed by atoms with Gasteiger partial charge in [-0.15, -0.1) is 0 Å². The van der Waals surface area contributed by atoms with Gasteiger partial charge in [0.05, 0.1) is 12.7 Å². The highest BCUT2D eigenvalue weighted by molar-refractivity contribution is 5.87. The second-order valence-corrected chi connectivity index (χ2v) is 6.42. The number of urea groups is 1. The summed E-state index contributed by atoms with van der Waals surface area (Å²) in [5.41, 5.74) is 1.20. The summed E-state index contributed by atoms with van der Waals surface area (Å²) in [4.78, 5) is 26.2. The molecular weight excluding hydrogens is 306 g/mol. The SMILES string of the molecule is O=C1NCCCC[C@@H]1NC(=O)N1CCO[C@@H](Cc2ccccc2)C1. The molecule has 0 spiro atoms. The number of carbonyl (C=O) groups is 2. The first-order valence-corrected chi connectivity index (χ1v) is 8.71. The van der Waals surface area contributed by atoms with Gasteiger partial charge in [-0.3, -0.25) is 4.79 Å². The van der Waals surface area contributed by atoms with E-state index in [2.05, 4.69) is 22.8 Å². The summed E-state index contributed by atoms with van der Waals surface area (Å²) >= 11 is 0. The highest BCUT2D eigenvalue weighted by atomic mass is 16.5. The molecule has 24 heavy (non-hydrogen) atoms. The zero-order valence-electron chi connectivity index (χ0n) is 13.9. The van der Waals surface area contributed by atoms with Crippen LogP contribution in [0, 0.1) is 0 Å². The van der Waals surface area contributed by atoms with Gasteiger partial charge in [0, 0.05) is 26.1 Å². The molecule has 0 unspecified atom stereocenters. The Morgan fingerprint density at radius 2 is 2.12 bits per heavy atom. The lowest BCUT2D eigenvalue weighted by Gasteiger charge is -2.34. The summed E-state index contributed by atoms with van der Waals surface area (Å²) in [7, 11) is 0. The summed E-state index contributed by atoms with van der Waals surface area (Å²) < 4.78 is 5.79. The second-order valence-electron chi connectivity index (χ2n) is 6.42. The van der Waals surface area contributed by atoms with Crippen LogP contribution in [0.25, 0.3) is 0 Å². The Morgan fingerprint density at radius 1 is 1.29 bits per heavy atom. The Morgan fingerprint density at radius 3 is 2.96 bits per heavy atom. The van der Waals surface area contributed by atoms with Gasteiger partial charge in [-0.25, -0.2) is 4.79 Å². The normalized spacial score (nSPS) is 24.8. The highest BCUT2D eigenvalue weighted by Gasteiger charge is 2.28. The molecule has 6 nitrogen and oxygen atoms in total. The maximum Gasteiger partial charge on any atom is 0.318 e. The van der Waals surface area contributed by atoms with Gasteiger partial charge < -0.3 is 20.3 Å². The van der Waals surface area contributed by atoms with Gasteiger partial charge in [-0.2, -0.15) is 0 Å². The van der Waals surface area contributed by atoms with Crippen molar-refractivity contribution in [2.45, 2.75) is 37.8 Å². The molecule has 2 atom stereocenters. The van der Waals surface area contributed by atoms with E-state index in [-0.39, 0.29) is 18.0 Å². The Kier molecular flexibility index (Phi) is 5.69. The number of rotatable bonds is 3. The van der Waals surface area contributed by atoms with Gasteiger partial charge in [0.1, 0.15) is 6.04 Å². The molecule has 2 aliphatic rings. The average molecular weight is 331 g/mol. The predicted molar refractivity (Wildman–Crippen MR) is 90.6 cm³/mol. The molecule has 2 heterocycles. The van der Waals surface area contributed by atoms with Gasteiger partial charge in [-0.1, -0.05) is 30.3 Å². The summed E-state index contributed by atoms with van der Waals surface area (Å²) in [6, 6.07) is 9.55. The molecule has 6 heteroatoms. The van der Waals surface area contributed by atoms with E-state index >= 15 is 0 Å². The number of nitrogens with one attached hydrogen (secondary N) is 2. The van der Waals surface area contributed by atoms with Crippen LogP contribution in [0.15, 0.2) is 30.3 Å². The third-order valence-corrected chi connectivity index (χ3v) is 4.57. The summed E-state index contributed by atoms with van der Waals surface area (Å²) in [5, 5.41) is 5.73. The Balaban J connectivity index is 1.53. The molecular formula is C18H25N3O3. The van der Waals surface area contributed by atoms with Crippen molar-refractivity contribution in [1.29, 1.82) is 0 Å². The Hall–Kier alpha value is -2.08. The molecule has 2 aliphatic heterocycles. The lowest BCUT2D eigenvalue weighted by atomic mass is 10.1. The van der Waals surface area contributed by atoms with Crippen molar-refractivity contribution >= 4 is 11.9 Å². The number of carbonyl (C=O) groups excluding carboxylic acids is 2. The van der Waals surface area contributed by atoms with E-state index in [4.69, 9.17) is 4.74 Å². The van der Waals surface area contributed by atoms with Crippen LogP contribution >= 0.6 is 0 Å². The third-order valence-electron chi connectivity index (χ3n) is 4.57. The van der Waals surface area contributed by atoms with Crippen LogP contribution in [-0.4, -0.2) is 55.2 Å². The van der Waals surface area contributed by atoms with E-state index in [0.29, 0.717) is 32.7 Å². The fraction of sp³-hybridized carbons (Fsp3) is 0.556. The smallest absolute Gasteiger partial charge is 0.318 e. The monoisotopic (exact) mass is 331 g/mol. The van der Waals surface area contributed by atoms with Crippen molar-refractivity contribution in [2.75, 3.05) is 26.2 Å². The molecule has 2 saturated heterocycles. The molecule has 0 bridgehead atoms. The first-order chi connectivity index (χ1) is 11.7. The minimum absolute atomic E-state index is 0.00476. The third kappa shape index (κ3) is 4.47. The zero-order valence-corrected chi connectivity index (χ0v) is 13.9. The summed E-state index contributed by atoms with van der Waals surface area (Å²) in [6.07, 6.45) is 3.40. The fourth-order valence-electron chi connectivity index (χ4n) is 3.22. The minimum Gasteiger partial charge on any atom is -0.374 e. The Bertz CT molecular complexity index is 564. The average Bonchev–Trinajstić information content (AvgIpc) is 2.81. The van der Waals surface area contributed by atoms with Crippen molar-refractivity contribution in [1.82, 2.24) is 15.5 Å². The summed E-state index contributed by atoms with van der Waals surface area (Å²) in [5.74, 6) is -0.0741. The number of nitrogens with zero attached hydrogens (tertiary/aromatic N) is 1. The van der Waals surface area contributed by atoms with Crippen LogP contribution in [0.5, 0.6) is 0 Å². The fourth-order valence-corrected chi connectivity index (χ4v) is 3.22. The molecule has 0 saturated carbocycles. The maximum absolute atomic E-state index is 12.5. The minimum atomic E-state index is -0.421. The van der Waals surface area contributed by atoms with Crippen LogP contribution < -0.4 is 10.6 Å². The quantitative estimate of drug-likeness (QED) is 0.877. The number of ether oxygens (including phenoxy) is 1. The van der Waals surface area contributed by atoms with Crippen LogP contribution in [0.3, 0.4) is 0 Å².